The van der Waals surface area contributed by atoms with Gasteiger partial charge in [0, 0.05) is 6.04 Å². The van der Waals surface area contributed by atoms with E-state index < -0.39 is 18.6 Å². The lowest BCUT2D eigenvalue weighted by Gasteiger charge is -2.21. The van der Waals surface area contributed by atoms with Crippen LogP contribution in [0.1, 0.15) is 50.1 Å². The molecule has 0 radical (unpaired) electrons. The highest BCUT2D eigenvalue weighted by Gasteiger charge is 2.32. The molecule has 1 aliphatic carbocycles. The highest BCUT2D eigenvalue weighted by molar-refractivity contribution is 5.19. The summed E-state index contributed by atoms with van der Waals surface area (Å²) < 4.78 is 38.0. The largest absolute Gasteiger partial charge is 0.390 e. The zero-order chi connectivity index (χ0) is 14.4. The van der Waals surface area contributed by atoms with Crippen molar-refractivity contribution in [3.8, 4) is 0 Å². The fourth-order valence-corrected chi connectivity index (χ4v) is 2.99. The van der Waals surface area contributed by atoms with Crippen LogP contribution in [0.2, 0.25) is 0 Å². The van der Waals surface area contributed by atoms with Gasteiger partial charge < -0.3 is 5.32 Å². The second kappa shape index (κ2) is 7.11. The molecule has 1 atom stereocenters. The van der Waals surface area contributed by atoms with Crippen molar-refractivity contribution >= 4 is 0 Å². The Balaban J connectivity index is 1.88. The van der Waals surface area contributed by atoms with Crippen LogP contribution in [0.25, 0.3) is 0 Å². The van der Waals surface area contributed by atoms with Crippen molar-refractivity contribution in [2.24, 2.45) is 5.92 Å². The minimum Gasteiger partial charge on any atom is -0.310 e. The molecule has 0 amide bonds. The summed E-state index contributed by atoms with van der Waals surface area (Å²) in [7, 11) is 0. The summed E-state index contributed by atoms with van der Waals surface area (Å²) in [6, 6.07) is 8.30. The zero-order valence-electron chi connectivity index (χ0n) is 11.6. The zero-order valence-corrected chi connectivity index (χ0v) is 11.6. The molecule has 4 heteroatoms. The number of hydrogen-bond acceptors (Lipinski definition) is 1. The third kappa shape index (κ3) is 5.16. The Morgan fingerprint density at radius 1 is 1.10 bits per heavy atom. The van der Waals surface area contributed by atoms with Crippen LogP contribution >= 0.6 is 0 Å². The van der Waals surface area contributed by atoms with Gasteiger partial charge in [0.25, 0.3) is 0 Å². The van der Waals surface area contributed by atoms with Crippen LogP contribution in [-0.4, -0.2) is 12.7 Å². The Labute approximate surface area is 118 Å². The van der Waals surface area contributed by atoms with Crippen LogP contribution in [0.5, 0.6) is 0 Å². The predicted molar refractivity (Wildman–Crippen MR) is 74.4 cm³/mol. The Kier molecular flexibility index (Phi) is 5.46. The molecule has 0 bridgehead atoms. The van der Waals surface area contributed by atoms with Gasteiger partial charge in [-0.15, -0.1) is 0 Å². The molecular weight excluding hydrogens is 263 g/mol. The van der Waals surface area contributed by atoms with Gasteiger partial charge in [0.15, 0.2) is 0 Å². The van der Waals surface area contributed by atoms with E-state index in [2.05, 4.69) is 5.32 Å². The van der Waals surface area contributed by atoms with Gasteiger partial charge in [0.2, 0.25) is 0 Å². The molecule has 112 valence electrons. The van der Waals surface area contributed by atoms with Crippen molar-refractivity contribution in [3.05, 3.63) is 35.9 Å². The van der Waals surface area contributed by atoms with Crippen LogP contribution < -0.4 is 5.32 Å². The maximum Gasteiger partial charge on any atom is 0.390 e. The lowest BCUT2D eigenvalue weighted by Crippen LogP contribution is -2.28. The number of benzene rings is 1. The molecule has 1 fully saturated rings. The standard InChI is InChI=1S/C16H22F3N/c17-16(18,19)12-15(14-8-2-1-3-9-14)20-11-10-13-6-4-5-7-13/h1-3,8-9,13,15,20H,4-7,10-12H2. The quantitative estimate of drug-likeness (QED) is 0.788. The fourth-order valence-electron chi connectivity index (χ4n) is 2.99. The van der Waals surface area contributed by atoms with Crippen molar-refractivity contribution in [2.45, 2.75) is 50.7 Å². The van der Waals surface area contributed by atoms with E-state index in [0.29, 0.717) is 12.5 Å². The van der Waals surface area contributed by atoms with Gasteiger partial charge in [-0.2, -0.15) is 13.2 Å². The van der Waals surface area contributed by atoms with Gasteiger partial charge in [0.1, 0.15) is 0 Å². The molecule has 1 aromatic rings. The van der Waals surface area contributed by atoms with E-state index in [1.165, 1.54) is 25.7 Å². The number of alkyl halides is 3. The van der Waals surface area contributed by atoms with Crippen LogP contribution in [0, 0.1) is 5.92 Å². The maximum atomic E-state index is 12.7. The molecule has 1 aliphatic rings. The molecule has 1 N–H and O–H groups in total. The minimum atomic E-state index is -4.14. The van der Waals surface area contributed by atoms with E-state index in [-0.39, 0.29) is 0 Å². The summed E-state index contributed by atoms with van der Waals surface area (Å²) in [4.78, 5) is 0. The average molecular weight is 285 g/mol. The average Bonchev–Trinajstić information content (AvgIpc) is 2.90. The highest BCUT2D eigenvalue weighted by atomic mass is 19.4. The number of halogens is 3. The Bertz CT molecular complexity index is 382. The maximum absolute atomic E-state index is 12.7. The Morgan fingerprint density at radius 2 is 1.75 bits per heavy atom. The third-order valence-electron chi connectivity index (χ3n) is 4.06. The van der Waals surface area contributed by atoms with Crippen LogP contribution in [0.15, 0.2) is 30.3 Å². The summed E-state index contributed by atoms with van der Waals surface area (Å²) >= 11 is 0. The van der Waals surface area contributed by atoms with Gasteiger partial charge >= 0.3 is 6.18 Å². The topological polar surface area (TPSA) is 12.0 Å². The minimum absolute atomic E-state index is 0.627. The van der Waals surface area contributed by atoms with Crippen LogP contribution in [-0.2, 0) is 0 Å². The molecule has 1 saturated carbocycles. The van der Waals surface area contributed by atoms with Gasteiger partial charge in [-0.1, -0.05) is 56.0 Å². The van der Waals surface area contributed by atoms with E-state index in [4.69, 9.17) is 0 Å². The van der Waals surface area contributed by atoms with Crippen molar-refractivity contribution in [3.63, 3.8) is 0 Å². The third-order valence-corrected chi connectivity index (χ3v) is 4.06. The van der Waals surface area contributed by atoms with Crippen molar-refractivity contribution in [1.29, 1.82) is 0 Å². The molecule has 0 spiro atoms. The molecular formula is C16H22F3N. The molecule has 20 heavy (non-hydrogen) atoms. The first-order valence-corrected chi connectivity index (χ1v) is 7.40. The van der Waals surface area contributed by atoms with Gasteiger partial charge in [0.05, 0.1) is 6.42 Å². The van der Waals surface area contributed by atoms with Gasteiger partial charge in [-0.3, -0.25) is 0 Å². The first-order chi connectivity index (χ1) is 9.54. The van der Waals surface area contributed by atoms with Gasteiger partial charge in [-0.05, 0) is 24.4 Å². The van der Waals surface area contributed by atoms with Crippen molar-refractivity contribution in [1.82, 2.24) is 5.32 Å². The summed E-state index contributed by atoms with van der Waals surface area (Å²) in [6.45, 7) is 0.667. The van der Waals surface area contributed by atoms with E-state index in [9.17, 15) is 13.2 Å². The first-order valence-electron chi connectivity index (χ1n) is 7.40. The molecule has 0 aromatic heterocycles. The van der Waals surface area contributed by atoms with Crippen LogP contribution in [0.4, 0.5) is 13.2 Å². The lowest BCUT2D eigenvalue weighted by atomic mass is 10.0. The molecule has 0 saturated heterocycles. The van der Waals surface area contributed by atoms with E-state index in [1.807, 2.05) is 6.07 Å². The van der Waals surface area contributed by atoms with E-state index >= 15 is 0 Å². The number of hydrogen-bond donors (Lipinski definition) is 1. The second-order valence-corrected chi connectivity index (χ2v) is 5.68. The van der Waals surface area contributed by atoms with Crippen molar-refractivity contribution < 1.29 is 13.2 Å². The molecule has 0 aliphatic heterocycles. The monoisotopic (exact) mass is 285 g/mol. The Hall–Kier alpha value is -1.03. The first kappa shape index (κ1) is 15.4. The summed E-state index contributed by atoms with van der Waals surface area (Å²) in [5.41, 5.74) is 0.719. The number of nitrogens with one attached hydrogen (secondary N) is 1. The van der Waals surface area contributed by atoms with Crippen LogP contribution in [0.3, 0.4) is 0 Å². The molecule has 1 aromatic carbocycles. The van der Waals surface area contributed by atoms with Gasteiger partial charge in [-0.25, -0.2) is 0 Å². The Morgan fingerprint density at radius 3 is 2.35 bits per heavy atom. The SMILES string of the molecule is FC(F)(F)CC(NCCC1CCCC1)c1ccccc1. The van der Waals surface area contributed by atoms with E-state index in [1.54, 1.807) is 24.3 Å². The smallest absolute Gasteiger partial charge is 0.310 e. The molecule has 1 nitrogen and oxygen atoms in total. The van der Waals surface area contributed by atoms with Crippen molar-refractivity contribution in [2.75, 3.05) is 6.54 Å². The lowest BCUT2D eigenvalue weighted by molar-refractivity contribution is -0.140. The fraction of sp³-hybridized carbons (Fsp3) is 0.625. The molecule has 2 rings (SSSR count). The summed E-state index contributed by atoms with van der Waals surface area (Å²) in [6.07, 6.45) is 1.06. The predicted octanol–water partition coefficient (Wildman–Crippen LogP) is 4.85. The normalized spacial score (nSPS) is 18.4. The number of rotatable bonds is 6. The second-order valence-electron chi connectivity index (χ2n) is 5.68. The van der Waals surface area contributed by atoms with E-state index in [0.717, 1.165) is 12.0 Å². The molecule has 1 unspecified atom stereocenters. The molecule has 0 heterocycles. The highest BCUT2D eigenvalue weighted by Crippen LogP contribution is 2.30. The summed E-state index contributed by atoms with van der Waals surface area (Å²) in [5.74, 6) is 0.699. The summed E-state index contributed by atoms with van der Waals surface area (Å²) in [5, 5.41) is 3.10.